The number of amides is 1. The maximum atomic E-state index is 13.8. The number of hydrogen-bond acceptors (Lipinski definition) is 4. The van der Waals surface area contributed by atoms with Crippen LogP contribution in [0.15, 0.2) is 78.9 Å². The van der Waals surface area contributed by atoms with Gasteiger partial charge in [0, 0.05) is 42.8 Å². The summed E-state index contributed by atoms with van der Waals surface area (Å²) in [5, 5.41) is 9.75. The Kier molecular flexibility index (Phi) is 5.08. The van der Waals surface area contributed by atoms with Gasteiger partial charge in [-0.3, -0.25) is 4.79 Å². The first-order valence-corrected chi connectivity index (χ1v) is 10.6. The minimum Gasteiger partial charge on any atom is -0.368 e. The second kappa shape index (κ2) is 8.19. The summed E-state index contributed by atoms with van der Waals surface area (Å²) >= 11 is 0. The highest BCUT2D eigenvalue weighted by Gasteiger charge is 2.27. The van der Waals surface area contributed by atoms with Gasteiger partial charge in [0.25, 0.3) is 5.91 Å². The fourth-order valence-corrected chi connectivity index (χ4v) is 4.20. The zero-order chi connectivity index (χ0) is 21.2. The van der Waals surface area contributed by atoms with Gasteiger partial charge in [-0.15, -0.1) is 10.2 Å². The smallest absolute Gasteiger partial charge is 0.256 e. The number of anilines is 1. The molecule has 1 aliphatic heterocycles. The third-order valence-electron chi connectivity index (χ3n) is 5.87. The molecule has 154 valence electrons. The topological polar surface area (TPSA) is 49.3 Å². The summed E-state index contributed by atoms with van der Waals surface area (Å²) in [7, 11) is 0. The number of aromatic nitrogens is 2. The van der Waals surface area contributed by atoms with Crippen molar-refractivity contribution in [3.63, 3.8) is 0 Å². The van der Waals surface area contributed by atoms with E-state index in [0.29, 0.717) is 24.3 Å². The molecule has 5 nitrogen and oxygen atoms in total. The molecule has 0 saturated carbocycles. The van der Waals surface area contributed by atoms with Crippen molar-refractivity contribution in [3.05, 3.63) is 90.0 Å². The largest absolute Gasteiger partial charge is 0.368 e. The predicted molar refractivity (Wildman–Crippen MR) is 124 cm³/mol. The molecule has 1 fully saturated rings. The van der Waals surface area contributed by atoms with Gasteiger partial charge in [-0.2, -0.15) is 0 Å². The summed E-state index contributed by atoms with van der Waals surface area (Å²) in [5.41, 5.74) is 5.25. The Balaban J connectivity index is 1.51. The van der Waals surface area contributed by atoms with E-state index in [4.69, 9.17) is 0 Å². The van der Waals surface area contributed by atoms with Crippen LogP contribution < -0.4 is 4.90 Å². The predicted octanol–water partition coefficient (Wildman–Crippen LogP) is 4.57. The van der Waals surface area contributed by atoms with E-state index in [1.807, 2.05) is 66.4 Å². The fraction of sp³-hybridized carbons (Fsp3) is 0.192. The Bertz CT molecular complexity index is 1220. The van der Waals surface area contributed by atoms with E-state index in [-0.39, 0.29) is 5.91 Å². The first-order chi connectivity index (χ1) is 15.2. The zero-order valence-corrected chi connectivity index (χ0v) is 17.5. The average molecular weight is 409 g/mol. The van der Waals surface area contributed by atoms with Crippen molar-refractivity contribution in [1.29, 1.82) is 0 Å². The van der Waals surface area contributed by atoms with E-state index in [9.17, 15) is 4.79 Å². The molecule has 1 amide bonds. The van der Waals surface area contributed by atoms with Gasteiger partial charge in [-0.25, -0.2) is 0 Å². The second-order valence-corrected chi connectivity index (χ2v) is 7.93. The van der Waals surface area contributed by atoms with E-state index in [0.717, 1.165) is 35.1 Å². The Labute approximate surface area is 182 Å². The number of hydrogen-bond donors (Lipinski definition) is 0. The summed E-state index contributed by atoms with van der Waals surface area (Å²) in [4.78, 5) is 18.1. The molecule has 1 aromatic heterocycles. The number of para-hydroxylation sites is 1. The van der Waals surface area contributed by atoms with Crippen LogP contribution in [0.3, 0.4) is 0 Å². The lowest BCUT2D eigenvalue weighted by Gasteiger charge is -2.36. The van der Waals surface area contributed by atoms with Crippen molar-refractivity contribution in [2.24, 2.45) is 0 Å². The maximum absolute atomic E-state index is 13.8. The van der Waals surface area contributed by atoms with Crippen LogP contribution in [0.25, 0.3) is 22.2 Å². The lowest BCUT2D eigenvalue weighted by atomic mass is 9.99. The van der Waals surface area contributed by atoms with E-state index in [2.05, 4.69) is 39.4 Å². The van der Waals surface area contributed by atoms with E-state index >= 15 is 0 Å². The third kappa shape index (κ3) is 3.75. The summed E-state index contributed by atoms with van der Waals surface area (Å²) in [5.74, 6) is 0.0251. The van der Waals surface area contributed by atoms with Gasteiger partial charge in [-0.05, 0) is 31.2 Å². The Morgan fingerprint density at radius 1 is 0.806 bits per heavy atom. The number of aryl methyl sites for hydroxylation is 1. The van der Waals surface area contributed by atoms with Gasteiger partial charge in [0.05, 0.1) is 11.1 Å². The number of nitrogens with zero attached hydrogens (tertiary/aromatic N) is 4. The molecule has 0 atom stereocenters. The number of piperazine rings is 1. The van der Waals surface area contributed by atoms with Crippen LogP contribution in [0.5, 0.6) is 0 Å². The molecule has 0 bridgehead atoms. The van der Waals surface area contributed by atoms with E-state index < -0.39 is 0 Å². The van der Waals surface area contributed by atoms with Crippen LogP contribution in [0, 0.1) is 6.92 Å². The molecule has 2 heterocycles. The highest BCUT2D eigenvalue weighted by atomic mass is 16.2. The molecule has 5 heteroatoms. The number of carbonyl (C=O) groups excluding carboxylic acids is 1. The van der Waals surface area contributed by atoms with Gasteiger partial charge in [-0.1, -0.05) is 60.2 Å². The molecule has 1 aliphatic rings. The number of rotatable bonds is 3. The highest BCUT2D eigenvalue weighted by Crippen LogP contribution is 2.29. The highest BCUT2D eigenvalue weighted by molar-refractivity contribution is 6.10. The SMILES string of the molecule is Cc1ccc2nnc(-c3ccccc3)c(C(=O)N3CCN(c4ccccc4)CC3)c2c1. The first kappa shape index (κ1) is 19.2. The summed E-state index contributed by atoms with van der Waals surface area (Å²) in [6, 6.07) is 26.2. The van der Waals surface area contributed by atoms with Gasteiger partial charge >= 0.3 is 0 Å². The average Bonchev–Trinajstić information content (AvgIpc) is 2.84. The van der Waals surface area contributed by atoms with Crippen molar-refractivity contribution in [1.82, 2.24) is 15.1 Å². The van der Waals surface area contributed by atoms with E-state index in [1.165, 1.54) is 5.69 Å². The minimum absolute atomic E-state index is 0.0251. The minimum atomic E-state index is 0.0251. The first-order valence-electron chi connectivity index (χ1n) is 10.6. The van der Waals surface area contributed by atoms with Crippen molar-refractivity contribution >= 4 is 22.5 Å². The van der Waals surface area contributed by atoms with Crippen molar-refractivity contribution in [3.8, 4) is 11.3 Å². The normalized spacial score (nSPS) is 14.1. The molecular formula is C26H24N4O. The summed E-state index contributed by atoms with van der Waals surface area (Å²) in [6.07, 6.45) is 0. The molecule has 1 saturated heterocycles. The number of benzene rings is 3. The fourth-order valence-electron chi connectivity index (χ4n) is 4.20. The van der Waals surface area contributed by atoms with Crippen LogP contribution in [0.1, 0.15) is 15.9 Å². The molecule has 5 rings (SSSR count). The molecule has 0 aliphatic carbocycles. The van der Waals surface area contributed by atoms with Crippen molar-refractivity contribution in [2.45, 2.75) is 6.92 Å². The summed E-state index contributed by atoms with van der Waals surface area (Å²) < 4.78 is 0. The van der Waals surface area contributed by atoms with Crippen LogP contribution in [-0.2, 0) is 0 Å². The molecule has 4 aromatic rings. The molecule has 31 heavy (non-hydrogen) atoms. The van der Waals surface area contributed by atoms with Gasteiger partial charge in [0.15, 0.2) is 0 Å². The Hall–Kier alpha value is -3.73. The molecule has 0 unspecified atom stereocenters. The molecular weight excluding hydrogens is 384 g/mol. The molecule has 0 N–H and O–H groups in total. The number of fused-ring (bicyclic) bond motifs is 1. The standard InChI is InChI=1S/C26H24N4O/c1-19-12-13-23-22(18-19)24(25(28-27-23)20-8-4-2-5-9-20)26(31)30-16-14-29(15-17-30)21-10-6-3-7-11-21/h2-13,18H,14-17H2,1H3. The van der Waals surface area contributed by atoms with Crippen LogP contribution in [-0.4, -0.2) is 47.2 Å². The summed E-state index contributed by atoms with van der Waals surface area (Å²) in [6.45, 7) is 5.02. The van der Waals surface area contributed by atoms with Crippen LogP contribution >= 0.6 is 0 Å². The molecule has 0 spiro atoms. The zero-order valence-electron chi connectivity index (χ0n) is 17.5. The lowest BCUT2D eigenvalue weighted by Crippen LogP contribution is -2.49. The molecule has 3 aromatic carbocycles. The van der Waals surface area contributed by atoms with Gasteiger partial charge in [0.1, 0.15) is 5.69 Å². The van der Waals surface area contributed by atoms with Crippen molar-refractivity contribution < 1.29 is 4.79 Å². The van der Waals surface area contributed by atoms with Crippen LogP contribution in [0.2, 0.25) is 0 Å². The van der Waals surface area contributed by atoms with Crippen molar-refractivity contribution in [2.75, 3.05) is 31.1 Å². The number of carbonyl (C=O) groups is 1. The Morgan fingerprint density at radius 2 is 1.48 bits per heavy atom. The van der Waals surface area contributed by atoms with E-state index in [1.54, 1.807) is 0 Å². The Morgan fingerprint density at radius 3 is 2.19 bits per heavy atom. The van der Waals surface area contributed by atoms with Crippen LogP contribution in [0.4, 0.5) is 5.69 Å². The molecule has 0 radical (unpaired) electrons. The monoisotopic (exact) mass is 408 g/mol. The maximum Gasteiger partial charge on any atom is 0.256 e. The third-order valence-corrected chi connectivity index (χ3v) is 5.87. The second-order valence-electron chi connectivity index (χ2n) is 7.93. The van der Waals surface area contributed by atoms with Gasteiger partial charge < -0.3 is 9.80 Å². The quantitative estimate of drug-likeness (QED) is 0.498. The van der Waals surface area contributed by atoms with Gasteiger partial charge in [0.2, 0.25) is 0 Å². The lowest BCUT2D eigenvalue weighted by molar-refractivity contribution is 0.0749.